The minimum atomic E-state index is -0.0546. The molecule has 4 rings (SSSR count). The molecule has 2 aliphatic rings. The molecule has 29 heavy (non-hydrogen) atoms. The lowest BCUT2D eigenvalue weighted by molar-refractivity contribution is -0.127. The van der Waals surface area contributed by atoms with Crippen molar-refractivity contribution in [2.24, 2.45) is 7.05 Å². The van der Waals surface area contributed by atoms with Crippen LogP contribution in [0.5, 0.6) is 0 Å². The Morgan fingerprint density at radius 2 is 2.10 bits per heavy atom. The molecule has 3 heterocycles. The lowest BCUT2D eigenvalue weighted by Crippen LogP contribution is -2.44. The first-order valence-corrected chi connectivity index (χ1v) is 10.2. The van der Waals surface area contributed by atoms with Gasteiger partial charge in [0.15, 0.2) is 5.78 Å². The molecule has 8 nitrogen and oxygen atoms in total. The number of rotatable bonds is 4. The summed E-state index contributed by atoms with van der Waals surface area (Å²) >= 11 is 0. The molecule has 1 amide bonds. The van der Waals surface area contributed by atoms with Crippen LogP contribution in [0.2, 0.25) is 0 Å². The molecule has 152 valence electrons. The Labute approximate surface area is 170 Å². The van der Waals surface area contributed by atoms with Crippen LogP contribution in [-0.4, -0.2) is 55.5 Å². The topological polar surface area (TPSA) is 93.0 Å². The normalized spacial score (nSPS) is 19.4. The maximum atomic E-state index is 12.8. The highest BCUT2D eigenvalue weighted by atomic mass is 16.2. The number of aryl methyl sites for hydroxylation is 2. The van der Waals surface area contributed by atoms with E-state index in [9.17, 15) is 9.59 Å². The van der Waals surface area contributed by atoms with Gasteiger partial charge in [-0.1, -0.05) is 6.58 Å². The van der Waals surface area contributed by atoms with Gasteiger partial charge in [-0.3, -0.25) is 14.3 Å². The Morgan fingerprint density at radius 3 is 2.86 bits per heavy atom. The first kappa shape index (κ1) is 19.3. The Balaban J connectivity index is 1.67. The lowest BCUT2D eigenvalue weighted by Gasteiger charge is -2.32. The quantitative estimate of drug-likeness (QED) is 0.632. The third-order valence-electron chi connectivity index (χ3n) is 5.55. The van der Waals surface area contributed by atoms with Crippen LogP contribution in [0.1, 0.15) is 48.2 Å². The van der Waals surface area contributed by atoms with Crippen LogP contribution in [0.25, 0.3) is 11.3 Å². The largest absolute Gasteiger partial charge is 0.350 e. The summed E-state index contributed by atoms with van der Waals surface area (Å²) in [6, 6.07) is 0.0638. The molecule has 1 aliphatic carbocycles. The highest BCUT2D eigenvalue weighted by molar-refractivity contribution is 6.02. The zero-order valence-electron chi connectivity index (χ0n) is 16.7. The highest BCUT2D eigenvalue weighted by Crippen LogP contribution is 2.30. The van der Waals surface area contributed by atoms with Crippen molar-refractivity contribution >= 4 is 17.6 Å². The molecule has 2 aromatic rings. The summed E-state index contributed by atoms with van der Waals surface area (Å²) in [5.41, 5.74) is 2.90. The summed E-state index contributed by atoms with van der Waals surface area (Å²) in [5.74, 6) is 0.555. The molecule has 1 atom stereocenters. The van der Waals surface area contributed by atoms with Gasteiger partial charge in [-0.05, 0) is 38.2 Å². The van der Waals surface area contributed by atoms with Crippen LogP contribution in [0.15, 0.2) is 25.0 Å². The first-order chi connectivity index (χ1) is 14.0. The van der Waals surface area contributed by atoms with Gasteiger partial charge in [-0.2, -0.15) is 5.10 Å². The number of ketones is 1. The summed E-state index contributed by atoms with van der Waals surface area (Å²) in [6.45, 7) is 4.91. The van der Waals surface area contributed by atoms with Gasteiger partial charge in [0.25, 0.3) is 0 Å². The van der Waals surface area contributed by atoms with Crippen LogP contribution in [0.4, 0.5) is 5.95 Å². The highest BCUT2D eigenvalue weighted by Gasteiger charge is 2.27. The molecule has 1 N–H and O–H groups in total. The number of amides is 1. The molecule has 0 saturated carbocycles. The number of Topliss-reactive ketones (excluding diaryl/α,β-unsaturated/α-hetero) is 1. The third-order valence-corrected chi connectivity index (χ3v) is 5.55. The Hall–Kier alpha value is -3.03. The number of aromatic nitrogens is 4. The molecule has 1 fully saturated rings. The van der Waals surface area contributed by atoms with E-state index < -0.39 is 0 Å². The number of piperidine rings is 1. The van der Waals surface area contributed by atoms with Gasteiger partial charge in [-0.15, -0.1) is 0 Å². The Kier molecular flexibility index (Phi) is 5.42. The fourth-order valence-corrected chi connectivity index (χ4v) is 4.11. The van der Waals surface area contributed by atoms with Crippen molar-refractivity contribution < 1.29 is 9.59 Å². The number of carbonyl (C=O) groups excluding carboxylic acids is 2. The predicted octanol–water partition coefficient (Wildman–Crippen LogP) is 2.38. The second-order valence-electron chi connectivity index (χ2n) is 7.72. The van der Waals surface area contributed by atoms with Crippen LogP contribution < -0.4 is 5.32 Å². The summed E-state index contributed by atoms with van der Waals surface area (Å²) in [7, 11) is 1.84. The van der Waals surface area contributed by atoms with E-state index in [1.54, 1.807) is 15.8 Å². The number of likely N-dealkylation sites (tertiary alicyclic amines) is 1. The van der Waals surface area contributed by atoms with Crippen LogP contribution in [-0.2, 0) is 18.3 Å². The number of nitrogens with zero attached hydrogens (tertiary/aromatic N) is 5. The SMILES string of the molecule is C=CC(=O)N1CCCC(Nc2nc3c(c(-c4cnn(C)c4)n2)C(=O)CCCC3)C1. The Morgan fingerprint density at radius 1 is 1.28 bits per heavy atom. The van der Waals surface area contributed by atoms with Gasteiger partial charge < -0.3 is 10.2 Å². The van der Waals surface area contributed by atoms with Crippen molar-refractivity contribution in [2.45, 2.75) is 44.6 Å². The van der Waals surface area contributed by atoms with E-state index in [2.05, 4.69) is 17.0 Å². The van der Waals surface area contributed by atoms with Crippen molar-refractivity contribution in [3.8, 4) is 11.3 Å². The van der Waals surface area contributed by atoms with E-state index in [4.69, 9.17) is 9.97 Å². The zero-order chi connectivity index (χ0) is 20.4. The van der Waals surface area contributed by atoms with E-state index >= 15 is 0 Å². The number of nitrogens with one attached hydrogen (secondary N) is 1. The van der Waals surface area contributed by atoms with Crippen molar-refractivity contribution in [1.29, 1.82) is 0 Å². The van der Waals surface area contributed by atoms with E-state index in [1.165, 1.54) is 6.08 Å². The summed E-state index contributed by atoms with van der Waals surface area (Å²) in [5, 5.41) is 7.65. The number of hydrogen-bond donors (Lipinski definition) is 1. The van der Waals surface area contributed by atoms with E-state index in [0.29, 0.717) is 30.2 Å². The van der Waals surface area contributed by atoms with E-state index in [1.807, 2.05) is 13.2 Å². The van der Waals surface area contributed by atoms with Gasteiger partial charge in [0.2, 0.25) is 11.9 Å². The number of anilines is 1. The number of fused-ring (bicyclic) bond motifs is 1. The molecule has 0 aromatic carbocycles. The minimum absolute atomic E-state index is 0.0546. The molecule has 0 radical (unpaired) electrons. The first-order valence-electron chi connectivity index (χ1n) is 10.2. The third kappa shape index (κ3) is 4.06. The molecule has 1 aliphatic heterocycles. The molecule has 1 saturated heterocycles. The van der Waals surface area contributed by atoms with Gasteiger partial charge in [-0.25, -0.2) is 9.97 Å². The maximum absolute atomic E-state index is 12.8. The van der Waals surface area contributed by atoms with Crippen LogP contribution >= 0.6 is 0 Å². The lowest BCUT2D eigenvalue weighted by atomic mass is 10.0. The standard InChI is InChI=1S/C21H26N6O2/c1-3-18(29)27-10-6-7-15(13-27)23-21-24-16-8-4-5-9-17(28)19(16)20(25-21)14-11-22-26(2)12-14/h3,11-12,15H,1,4-10,13H2,2H3,(H,23,24,25). The second-order valence-corrected chi connectivity index (χ2v) is 7.72. The average molecular weight is 394 g/mol. The number of carbonyl (C=O) groups is 2. The van der Waals surface area contributed by atoms with E-state index in [-0.39, 0.29) is 17.7 Å². The molecular formula is C21H26N6O2. The molecule has 0 spiro atoms. The maximum Gasteiger partial charge on any atom is 0.246 e. The van der Waals surface area contributed by atoms with Crippen molar-refractivity contribution in [3.63, 3.8) is 0 Å². The van der Waals surface area contributed by atoms with Crippen molar-refractivity contribution in [2.75, 3.05) is 18.4 Å². The van der Waals surface area contributed by atoms with Crippen molar-refractivity contribution in [1.82, 2.24) is 24.6 Å². The summed E-state index contributed by atoms with van der Waals surface area (Å²) in [6.07, 6.45) is 9.89. The van der Waals surface area contributed by atoms with E-state index in [0.717, 1.165) is 49.9 Å². The summed E-state index contributed by atoms with van der Waals surface area (Å²) < 4.78 is 1.71. The average Bonchev–Trinajstić information content (AvgIpc) is 3.07. The van der Waals surface area contributed by atoms with Crippen LogP contribution in [0.3, 0.4) is 0 Å². The second kappa shape index (κ2) is 8.14. The van der Waals surface area contributed by atoms with Crippen LogP contribution in [0, 0.1) is 0 Å². The smallest absolute Gasteiger partial charge is 0.246 e. The summed E-state index contributed by atoms with van der Waals surface area (Å²) in [4.78, 5) is 36.0. The monoisotopic (exact) mass is 394 g/mol. The van der Waals surface area contributed by atoms with Crippen molar-refractivity contribution in [3.05, 3.63) is 36.3 Å². The van der Waals surface area contributed by atoms with Gasteiger partial charge in [0.1, 0.15) is 0 Å². The molecule has 8 heteroatoms. The molecule has 1 unspecified atom stereocenters. The predicted molar refractivity (Wildman–Crippen MR) is 110 cm³/mol. The Bertz CT molecular complexity index is 951. The molecule has 0 bridgehead atoms. The minimum Gasteiger partial charge on any atom is -0.350 e. The number of hydrogen-bond acceptors (Lipinski definition) is 6. The zero-order valence-corrected chi connectivity index (χ0v) is 16.7. The van der Waals surface area contributed by atoms with Gasteiger partial charge in [0, 0.05) is 44.4 Å². The fraction of sp³-hybridized carbons (Fsp3) is 0.476. The van der Waals surface area contributed by atoms with Gasteiger partial charge >= 0.3 is 0 Å². The van der Waals surface area contributed by atoms with Gasteiger partial charge in [0.05, 0.1) is 23.1 Å². The molecule has 2 aromatic heterocycles. The molecular weight excluding hydrogens is 368 g/mol. The fourth-order valence-electron chi connectivity index (χ4n) is 4.11.